The molecule has 2 N–H and O–H groups in total. The molecule has 1 aromatic carbocycles. The van der Waals surface area contributed by atoms with E-state index in [0.717, 1.165) is 44.5 Å². The minimum absolute atomic E-state index is 0.121. The van der Waals surface area contributed by atoms with Gasteiger partial charge in [0, 0.05) is 18.7 Å². The van der Waals surface area contributed by atoms with Crippen LogP contribution in [0.15, 0.2) is 18.2 Å². The fraction of sp³-hybridized carbons (Fsp3) is 0.526. The summed E-state index contributed by atoms with van der Waals surface area (Å²) in [6.07, 6.45) is 4.33. The Morgan fingerprint density at radius 1 is 1.12 bits per heavy atom. The summed E-state index contributed by atoms with van der Waals surface area (Å²) in [5.74, 6) is -0.988. The molecule has 1 aromatic rings. The summed E-state index contributed by atoms with van der Waals surface area (Å²) in [6.45, 7) is 2.18. The van der Waals surface area contributed by atoms with E-state index in [-0.39, 0.29) is 23.9 Å². The second kappa shape index (κ2) is 6.39. The van der Waals surface area contributed by atoms with Crippen molar-refractivity contribution in [3.05, 3.63) is 29.3 Å². The first-order valence-corrected chi connectivity index (χ1v) is 9.11. The summed E-state index contributed by atoms with van der Waals surface area (Å²) in [5, 5.41) is 11.3. The van der Waals surface area contributed by atoms with E-state index in [1.807, 2.05) is 11.0 Å². The van der Waals surface area contributed by atoms with Crippen molar-refractivity contribution in [1.82, 2.24) is 10.2 Å². The maximum atomic E-state index is 12.1. The molecular formula is C19H23N3O4. The van der Waals surface area contributed by atoms with Crippen molar-refractivity contribution in [3.8, 4) is 0 Å². The zero-order valence-corrected chi connectivity index (χ0v) is 14.7. The van der Waals surface area contributed by atoms with Crippen LogP contribution in [-0.4, -0.2) is 54.1 Å². The summed E-state index contributed by atoms with van der Waals surface area (Å²) in [4.78, 5) is 37.9. The lowest BCUT2D eigenvalue weighted by Crippen LogP contribution is -2.49. The fourth-order valence-electron chi connectivity index (χ4n) is 4.53. The van der Waals surface area contributed by atoms with Crippen LogP contribution in [0.3, 0.4) is 0 Å². The molecule has 2 aliphatic heterocycles. The van der Waals surface area contributed by atoms with Crippen LogP contribution in [0, 0.1) is 5.41 Å². The molecule has 0 unspecified atom stereocenters. The largest absolute Gasteiger partial charge is 0.480 e. The van der Waals surface area contributed by atoms with Crippen molar-refractivity contribution in [2.75, 3.05) is 31.1 Å². The number of carbonyl (C=O) groups excluding carboxylic acids is 2. The van der Waals surface area contributed by atoms with E-state index >= 15 is 0 Å². The number of anilines is 1. The highest BCUT2D eigenvalue weighted by Crippen LogP contribution is 2.45. The molecule has 2 fully saturated rings. The number of imide groups is 1. The number of urea groups is 1. The molecule has 0 bridgehead atoms. The molecule has 3 aliphatic rings. The highest BCUT2D eigenvalue weighted by molar-refractivity contribution is 6.05. The van der Waals surface area contributed by atoms with E-state index in [0.29, 0.717) is 13.0 Å². The molecule has 0 radical (unpaired) electrons. The Kier molecular flexibility index (Phi) is 4.19. The Morgan fingerprint density at radius 3 is 2.54 bits per heavy atom. The first-order chi connectivity index (χ1) is 12.4. The van der Waals surface area contributed by atoms with Crippen molar-refractivity contribution in [3.63, 3.8) is 0 Å². The number of rotatable bonds is 3. The number of carboxylic acids is 1. The predicted octanol–water partition coefficient (Wildman–Crippen LogP) is 1.40. The maximum absolute atomic E-state index is 12.1. The molecule has 7 heteroatoms. The average Bonchev–Trinajstić information content (AvgIpc) is 2.94. The SMILES string of the molecule is O=C(O)CN1CCC2(CC1)Cc1ccc(N3CCC(=O)NC3=O)cc1C2. The quantitative estimate of drug-likeness (QED) is 0.853. The molecule has 138 valence electrons. The van der Waals surface area contributed by atoms with Crippen molar-refractivity contribution < 1.29 is 19.5 Å². The van der Waals surface area contributed by atoms with Gasteiger partial charge >= 0.3 is 12.0 Å². The van der Waals surface area contributed by atoms with E-state index < -0.39 is 5.97 Å². The number of nitrogens with one attached hydrogen (secondary N) is 1. The summed E-state index contributed by atoms with van der Waals surface area (Å²) >= 11 is 0. The zero-order valence-electron chi connectivity index (χ0n) is 14.7. The minimum Gasteiger partial charge on any atom is -0.480 e. The number of benzene rings is 1. The maximum Gasteiger partial charge on any atom is 0.328 e. The second-order valence-electron chi connectivity index (χ2n) is 7.73. The molecule has 0 saturated carbocycles. The predicted molar refractivity (Wildman–Crippen MR) is 95.1 cm³/mol. The number of hydrogen-bond donors (Lipinski definition) is 2. The van der Waals surface area contributed by atoms with Crippen LogP contribution >= 0.6 is 0 Å². The lowest BCUT2D eigenvalue weighted by molar-refractivity contribution is -0.139. The summed E-state index contributed by atoms with van der Waals surface area (Å²) in [7, 11) is 0. The van der Waals surface area contributed by atoms with Crippen molar-refractivity contribution in [1.29, 1.82) is 0 Å². The Bertz CT molecular complexity index is 768. The minimum atomic E-state index is -0.765. The standard InChI is InChI=1S/C19H23N3O4/c23-16-3-6-22(18(26)20-16)15-2-1-13-10-19(11-14(13)9-15)4-7-21(8-5-19)12-17(24)25/h1-2,9H,3-8,10-12H2,(H,24,25)(H,20,23,26). The topological polar surface area (TPSA) is 89.9 Å². The first-order valence-electron chi connectivity index (χ1n) is 9.11. The monoisotopic (exact) mass is 357 g/mol. The third-order valence-corrected chi connectivity index (χ3v) is 5.96. The van der Waals surface area contributed by atoms with E-state index in [1.165, 1.54) is 11.1 Å². The molecule has 1 spiro atoms. The number of carboxylic acid groups (broad SMARTS) is 1. The van der Waals surface area contributed by atoms with Crippen molar-refractivity contribution in [2.24, 2.45) is 5.41 Å². The van der Waals surface area contributed by atoms with E-state index in [9.17, 15) is 14.4 Å². The number of piperidine rings is 1. The third-order valence-electron chi connectivity index (χ3n) is 5.96. The lowest BCUT2D eigenvalue weighted by Gasteiger charge is -2.38. The summed E-state index contributed by atoms with van der Waals surface area (Å²) < 4.78 is 0. The molecular weight excluding hydrogens is 334 g/mol. The molecule has 26 heavy (non-hydrogen) atoms. The van der Waals surface area contributed by atoms with Crippen LogP contribution in [0.5, 0.6) is 0 Å². The van der Waals surface area contributed by atoms with Gasteiger partial charge in [0.25, 0.3) is 0 Å². The first kappa shape index (κ1) is 17.0. The Hall–Kier alpha value is -2.41. The molecule has 0 aromatic heterocycles. The van der Waals surface area contributed by atoms with Crippen LogP contribution in [0.2, 0.25) is 0 Å². The number of aliphatic carboxylic acids is 1. The van der Waals surface area contributed by atoms with Gasteiger partial charge in [-0.1, -0.05) is 6.07 Å². The normalized spacial score (nSPS) is 22.4. The van der Waals surface area contributed by atoms with Crippen LogP contribution in [0.1, 0.15) is 30.4 Å². The van der Waals surface area contributed by atoms with E-state index in [1.54, 1.807) is 4.90 Å². The molecule has 2 heterocycles. The van der Waals surface area contributed by atoms with Crippen molar-refractivity contribution >= 4 is 23.6 Å². The van der Waals surface area contributed by atoms with Gasteiger partial charge in [0.2, 0.25) is 5.91 Å². The van der Waals surface area contributed by atoms with Gasteiger partial charge in [0.05, 0.1) is 6.54 Å². The number of hydrogen-bond acceptors (Lipinski definition) is 4. The molecule has 3 amide bonds. The van der Waals surface area contributed by atoms with Gasteiger partial charge in [-0.15, -0.1) is 0 Å². The van der Waals surface area contributed by atoms with Gasteiger partial charge in [-0.3, -0.25) is 24.7 Å². The second-order valence-corrected chi connectivity index (χ2v) is 7.73. The summed E-state index contributed by atoms with van der Waals surface area (Å²) in [5.41, 5.74) is 3.66. The molecule has 4 rings (SSSR count). The molecule has 0 atom stereocenters. The highest BCUT2D eigenvalue weighted by Gasteiger charge is 2.40. The van der Waals surface area contributed by atoms with Crippen molar-refractivity contribution in [2.45, 2.75) is 32.1 Å². The number of fused-ring (bicyclic) bond motifs is 1. The summed E-state index contributed by atoms with van der Waals surface area (Å²) in [6, 6.07) is 5.80. The average molecular weight is 357 g/mol. The van der Waals surface area contributed by atoms with E-state index in [4.69, 9.17) is 5.11 Å². The molecule has 2 saturated heterocycles. The number of nitrogens with zero attached hydrogens (tertiary/aromatic N) is 2. The smallest absolute Gasteiger partial charge is 0.328 e. The zero-order chi connectivity index (χ0) is 18.3. The number of likely N-dealkylation sites (tertiary alicyclic amines) is 1. The van der Waals surface area contributed by atoms with Gasteiger partial charge in [-0.25, -0.2) is 4.79 Å². The Morgan fingerprint density at radius 2 is 1.85 bits per heavy atom. The van der Waals surface area contributed by atoms with Crippen LogP contribution in [0.4, 0.5) is 10.5 Å². The fourth-order valence-corrected chi connectivity index (χ4v) is 4.53. The van der Waals surface area contributed by atoms with Crippen LogP contribution in [-0.2, 0) is 22.4 Å². The lowest BCUT2D eigenvalue weighted by atomic mass is 9.76. The third kappa shape index (κ3) is 3.19. The van der Waals surface area contributed by atoms with Crippen LogP contribution in [0.25, 0.3) is 0 Å². The number of carbonyl (C=O) groups is 3. The molecule has 7 nitrogen and oxygen atoms in total. The van der Waals surface area contributed by atoms with Gasteiger partial charge in [0.15, 0.2) is 0 Å². The van der Waals surface area contributed by atoms with Gasteiger partial charge in [-0.05, 0) is 67.4 Å². The van der Waals surface area contributed by atoms with Gasteiger partial charge in [0.1, 0.15) is 0 Å². The van der Waals surface area contributed by atoms with E-state index in [2.05, 4.69) is 17.4 Å². The van der Waals surface area contributed by atoms with Gasteiger partial charge < -0.3 is 5.11 Å². The highest BCUT2D eigenvalue weighted by atomic mass is 16.4. The van der Waals surface area contributed by atoms with Crippen LogP contribution < -0.4 is 10.2 Å². The van der Waals surface area contributed by atoms with Gasteiger partial charge in [-0.2, -0.15) is 0 Å². The molecule has 1 aliphatic carbocycles. The Balaban J connectivity index is 1.46. The number of amides is 3. The Labute approximate surface area is 152 Å².